The summed E-state index contributed by atoms with van der Waals surface area (Å²) < 4.78 is 0. The van der Waals surface area contributed by atoms with Crippen LogP contribution in [0.15, 0.2) is 24.3 Å². The van der Waals surface area contributed by atoms with E-state index in [1.165, 1.54) is 11.1 Å². The van der Waals surface area contributed by atoms with E-state index < -0.39 is 0 Å². The number of benzene rings is 1. The average molecular weight is 234 g/mol. The van der Waals surface area contributed by atoms with Crippen LogP contribution in [0.2, 0.25) is 0 Å². The summed E-state index contributed by atoms with van der Waals surface area (Å²) in [7, 11) is 1.77. The third-order valence-electron chi connectivity index (χ3n) is 2.58. The number of likely N-dealkylation sites (N-methyl/N-ethyl adjacent to an activating group) is 1. The molecule has 1 amide bonds. The predicted octanol–water partition coefficient (Wildman–Crippen LogP) is 1.65. The molecule has 0 aliphatic heterocycles. The van der Waals surface area contributed by atoms with Crippen LogP contribution in [0.4, 0.5) is 0 Å². The van der Waals surface area contributed by atoms with Crippen LogP contribution >= 0.6 is 0 Å². The van der Waals surface area contributed by atoms with Crippen molar-refractivity contribution in [2.24, 2.45) is 0 Å². The molecule has 0 fully saturated rings. The van der Waals surface area contributed by atoms with Gasteiger partial charge < -0.3 is 10.6 Å². The van der Waals surface area contributed by atoms with E-state index >= 15 is 0 Å². The quantitative estimate of drug-likeness (QED) is 0.813. The Morgan fingerprint density at radius 2 is 1.82 bits per heavy atom. The van der Waals surface area contributed by atoms with Gasteiger partial charge in [0.1, 0.15) is 0 Å². The van der Waals surface area contributed by atoms with Crippen LogP contribution in [-0.4, -0.2) is 25.0 Å². The van der Waals surface area contributed by atoms with Gasteiger partial charge in [0, 0.05) is 5.54 Å². The van der Waals surface area contributed by atoms with Crippen LogP contribution in [0.5, 0.6) is 0 Å². The first-order valence-corrected chi connectivity index (χ1v) is 5.94. The molecule has 0 spiro atoms. The Morgan fingerprint density at radius 1 is 1.24 bits per heavy atom. The highest BCUT2D eigenvalue weighted by atomic mass is 16.2. The minimum Gasteiger partial charge on any atom is -0.350 e. The molecule has 1 aromatic rings. The lowest BCUT2D eigenvalue weighted by Crippen LogP contribution is -2.47. The van der Waals surface area contributed by atoms with E-state index in [2.05, 4.69) is 41.8 Å². The first-order chi connectivity index (χ1) is 7.93. The zero-order valence-electron chi connectivity index (χ0n) is 11.1. The summed E-state index contributed by atoms with van der Waals surface area (Å²) in [5, 5.41) is 5.87. The van der Waals surface area contributed by atoms with E-state index in [4.69, 9.17) is 0 Å². The lowest BCUT2D eigenvalue weighted by molar-refractivity contribution is -0.121. The van der Waals surface area contributed by atoms with E-state index in [-0.39, 0.29) is 11.4 Å². The fourth-order valence-corrected chi connectivity index (χ4v) is 1.84. The number of hydrogen-bond donors (Lipinski definition) is 2. The highest BCUT2D eigenvalue weighted by molar-refractivity contribution is 5.78. The number of carbonyl (C=O) groups excluding carboxylic acids is 1. The molecule has 0 atom stereocenters. The molecular weight excluding hydrogens is 212 g/mol. The highest BCUT2D eigenvalue weighted by Crippen LogP contribution is 2.13. The Balaban J connectivity index is 2.59. The average Bonchev–Trinajstić information content (AvgIpc) is 2.20. The van der Waals surface area contributed by atoms with E-state index in [1.54, 1.807) is 7.05 Å². The van der Waals surface area contributed by atoms with Gasteiger partial charge in [0.15, 0.2) is 0 Å². The van der Waals surface area contributed by atoms with E-state index in [1.807, 2.05) is 13.8 Å². The van der Waals surface area contributed by atoms with Gasteiger partial charge in [-0.1, -0.05) is 29.8 Å². The van der Waals surface area contributed by atoms with Crippen LogP contribution in [-0.2, 0) is 11.2 Å². The number of amides is 1. The van der Waals surface area contributed by atoms with Crippen LogP contribution in [0.3, 0.4) is 0 Å². The van der Waals surface area contributed by atoms with Crippen LogP contribution in [0, 0.1) is 6.92 Å². The maximum atomic E-state index is 11.5. The summed E-state index contributed by atoms with van der Waals surface area (Å²) in [6.45, 7) is 6.52. The zero-order valence-corrected chi connectivity index (χ0v) is 11.1. The second-order valence-corrected chi connectivity index (χ2v) is 5.12. The van der Waals surface area contributed by atoms with Crippen molar-refractivity contribution in [1.82, 2.24) is 10.6 Å². The maximum Gasteiger partial charge on any atom is 0.234 e. The molecule has 1 rings (SSSR count). The minimum absolute atomic E-state index is 0.0320. The largest absolute Gasteiger partial charge is 0.350 e. The summed E-state index contributed by atoms with van der Waals surface area (Å²) in [4.78, 5) is 11.5. The van der Waals surface area contributed by atoms with Gasteiger partial charge in [-0.2, -0.15) is 0 Å². The van der Waals surface area contributed by atoms with Crippen molar-refractivity contribution in [1.29, 1.82) is 0 Å². The smallest absolute Gasteiger partial charge is 0.234 e. The zero-order chi connectivity index (χ0) is 12.9. The molecule has 3 heteroatoms. The Labute approximate surface area is 104 Å². The predicted molar refractivity (Wildman–Crippen MR) is 71.0 cm³/mol. The Morgan fingerprint density at radius 3 is 2.35 bits per heavy atom. The Kier molecular flexibility index (Phi) is 4.70. The van der Waals surface area contributed by atoms with E-state index in [9.17, 15) is 4.79 Å². The van der Waals surface area contributed by atoms with Crippen molar-refractivity contribution in [3.63, 3.8) is 0 Å². The Bertz CT molecular complexity index is 368. The fraction of sp³-hybridized carbons (Fsp3) is 0.500. The molecule has 0 heterocycles. The molecule has 0 aliphatic carbocycles. The second-order valence-electron chi connectivity index (χ2n) is 5.12. The van der Waals surface area contributed by atoms with E-state index in [0.717, 1.165) is 6.42 Å². The molecular formula is C14H22N2O. The first-order valence-electron chi connectivity index (χ1n) is 5.94. The molecule has 0 saturated heterocycles. The molecule has 0 unspecified atom stereocenters. The number of carbonyl (C=O) groups is 1. The van der Waals surface area contributed by atoms with Gasteiger partial charge >= 0.3 is 0 Å². The third-order valence-corrected chi connectivity index (χ3v) is 2.58. The molecule has 0 aromatic heterocycles. The lowest BCUT2D eigenvalue weighted by Gasteiger charge is -2.26. The minimum atomic E-state index is -0.219. The normalized spacial score (nSPS) is 11.3. The molecule has 2 N–H and O–H groups in total. The van der Waals surface area contributed by atoms with Gasteiger partial charge in [0.2, 0.25) is 5.91 Å². The number of nitrogens with one attached hydrogen (secondary N) is 2. The molecule has 0 radical (unpaired) electrons. The van der Waals surface area contributed by atoms with Crippen molar-refractivity contribution < 1.29 is 4.79 Å². The summed E-state index contributed by atoms with van der Waals surface area (Å²) in [6, 6.07) is 8.42. The van der Waals surface area contributed by atoms with Gasteiger partial charge in [-0.15, -0.1) is 0 Å². The van der Waals surface area contributed by atoms with Crippen molar-refractivity contribution in [2.75, 3.05) is 13.6 Å². The van der Waals surface area contributed by atoms with Crippen LogP contribution in [0.1, 0.15) is 25.0 Å². The topological polar surface area (TPSA) is 41.1 Å². The summed E-state index contributed by atoms with van der Waals surface area (Å²) in [5.41, 5.74) is 2.28. The fourth-order valence-electron chi connectivity index (χ4n) is 1.84. The van der Waals surface area contributed by atoms with Crippen molar-refractivity contribution in [3.8, 4) is 0 Å². The number of rotatable bonds is 5. The number of hydrogen-bond acceptors (Lipinski definition) is 2. The maximum absolute atomic E-state index is 11.5. The van der Waals surface area contributed by atoms with Gasteiger partial charge in [0.25, 0.3) is 0 Å². The summed E-state index contributed by atoms with van der Waals surface area (Å²) in [6.07, 6.45) is 0.836. The standard InChI is InChI=1S/C14H22N2O/c1-11-5-7-12(8-6-11)9-14(2,3)16-13(17)10-15-4/h5-8,15H,9-10H2,1-4H3,(H,16,17). The Hall–Kier alpha value is -1.35. The first kappa shape index (κ1) is 13.7. The van der Waals surface area contributed by atoms with Gasteiger partial charge in [-0.3, -0.25) is 4.79 Å². The highest BCUT2D eigenvalue weighted by Gasteiger charge is 2.20. The molecule has 0 aliphatic rings. The molecule has 17 heavy (non-hydrogen) atoms. The summed E-state index contributed by atoms with van der Waals surface area (Å²) >= 11 is 0. The number of aryl methyl sites for hydroxylation is 1. The molecule has 3 nitrogen and oxygen atoms in total. The van der Waals surface area contributed by atoms with Crippen LogP contribution < -0.4 is 10.6 Å². The monoisotopic (exact) mass is 234 g/mol. The van der Waals surface area contributed by atoms with Gasteiger partial charge in [-0.25, -0.2) is 0 Å². The summed E-state index contributed by atoms with van der Waals surface area (Å²) in [5.74, 6) is 0.0320. The van der Waals surface area contributed by atoms with Gasteiger partial charge in [-0.05, 0) is 39.8 Å². The van der Waals surface area contributed by atoms with Crippen LogP contribution in [0.25, 0.3) is 0 Å². The third kappa shape index (κ3) is 5.00. The second kappa shape index (κ2) is 5.82. The van der Waals surface area contributed by atoms with Crippen molar-refractivity contribution in [3.05, 3.63) is 35.4 Å². The SMILES string of the molecule is CNCC(=O)NC(C)(C)Cc1ccc(C)cc1. The lowest BCUT2D eigenvalue weighted by atomic mass is 9.94. The van der Waals surface area contributed by atoms with E-state index in [0.29, 0.717) is 6.54 Å². The molecule has 0 saturated carbocycles. The van der Waals surface area contributed by atoms with Gasteiger partial charge in [0.05, 0.1) is 6.54 Å². The van der Waals surface area contributed by atoms with Crippen molar-refractivity contribution in [2.45, 2.75) is 32.7 Å². The molecule has 1 aromatic carbocycles. The molecule has 94 valence electrons. The molecule has 0 bridgehead atoms. The van der Waals surface area contributed by atoms with Crippen molar-refractivity contribution >= 4 is 5.91 Å².